The zero-order chi connectivity index (χ0) is 19.5. The number of ether oxygens (including phenoxy) is 4. The van der Waals surface area contributed by atoms with Crippen LogP contribution in [0.4, 0.5) is 0 Å². The second kappa shape index (κ2) is 10.9. The van der Waals surface area contributed by atoms with Gasteiger partial charge in [0.05, 0.1) is 7.11 Å². The molecule has 0 saturated heterocycles. The third kappa shape index (κ3) is 7.04. The fourth-order valence-corrected chi connectivity index (χ4v) is 2.33. The molecule has 7 heteroatoms. The predicted molar refractivity (Wildman–Crippen MR) is 104 cm³/mol. The van der Waals surface area contributed by atoms with Crippen LogP contribution in [0, 0.1) is 11.3 Å². The van der Waals surface area contributed by atoms with Gasteiger partial charge in [-0.05, 0) is 48.0 Å². The Bertz CT molecular complexity index is 827. The van der Waals surface area contributed by atoms with E-state index in [0.717, 1.165) is 10.0 Å². The molecule has 2 rings (SSSR count). The molecule has 0 aromatic heterocycles. The van der Waals surface area contributed by atoms with Gasteiger partial charge in [0.2, 0.25) is 0 Å². The summed E-state index contributed by atoms with van der Waals surface area (Å²) < 4.78 is 22.0. The number of hydrogen-bond acceptors (Lipinski definition) is 6. The molecule has 0 aliphatic heterocycles. The third-order valence-corrected chi connectivity index (χ3v) is 3.83. The first kappa shape index (κ1) is 20.3. The van der Waals surface area contributed by atoms with Gasteiger partial charge in [0.15, 0.2) is 18.1 Å². The molecule has 0 atom stereocenters. The van der Waals surface area contributed by atoms with Gasteiger partial charge in [-0.15, -0.1) is 0 Å². The second-order valence-corrected chi connectivity index (χ2v) is 6.08. The fourth-order valence-electron chi connectivity index (χ4n) is 2.06. The minimum atomic E-state index is -0.474. The van der Waals surface area contributed by atoms with Crippen molar-refractivity contribution in [3.05, 3.63) is 58.6 Å². The number of methoxy groups -OCH3 is 1. The number of benzene rings is 2. The van der Waals surface area contributed by atoms with E-state index < -0.39 is 5.97 Å². The normalized spacial score (nSPS) is 10.3. The standard InChI is InChI=1S/C20H18BrNO5/c1-24-19-14-15(2-8-18(19)26-11-10-22)3-9-20(23)27-13-12-25-17-6-4-16(21)5-7-17/h2-9,14H,11-13H2,1H3/b9-3+. The van der Waals surface area contributed by atoms with Crippen LogP contribution < -0.4 is 14.2 Å². The van der Waals surface area contributed by atoms with Gasteiger partial charge in [-0.3, -0.25) is 0 Å². The Balaban J connectivity index is 1.80. The number of esters is 1. The van der Waals surface area contributed by atoms with E-state index in [4.69, 9.17) is 24.2 Å². The number of rotatable bonds is 9. The number of hydrogen-bond donors (Lipinski definition) is 0. The van der Waals surface area contributed by atoms with E-state index in [0.29, 0.717) is 17.2 Å². The first-order valence-corrected chi connectivity index (χ1v) is 8.82. The van der Waals surface area contributed by atoms with Crippen LogP contribution in [0.25, 0.3) is 6.08 Å². The van der Waals surface area contributed by atoms with E-state index in [2.05, 4.69) is 15.9 Å². The Kier molecular flexibility index (Phi) is 8.20. The lowest BCUT2D eigenvalue weighted by atomic mass is 10.2. The maximum absolute atomic E-state index is 11.8. The van der Waals surface area contributed by atoms with Crippen molar-refractivity contribution in [2.45, 2.75) is 0 Å². The molecule has 0 aliphatic rings. The maximum atomic E-state index is 11.8. The lowest BCUT2D eigenvalue weighted by Gasteiger charge is -2.08. The molecule has 140 valence electrons. The largest absolute Gasteiger partial charge is 0.493 e. The van der Waals surface area contributed by atoms with Crippen LogP contribution in [-0.2, 0) is 9.53 Å². The zero-order valence-corrected chi connectivity index (χ0v) is 16.3. The summed E-state index contributed by atoms with van der Waals surface area (Å²) in [6, 6.07) is 14.4. The molecule has 2 aromatic carbocycles. The smallest absolute Gasteiger partial charge is 0.330 e. The minimum Gasteiger partial charge on any atom is -0.493 e. The molecule has 0 spiro atoms. The summed E-state index contributed by atoms with van der Waals surface area (Å²) in [4.78, 5) is 11.8. The molecule has 0 N–H and O–H groups in total. The van der Waals surface area contributed by atoms with Crippen molar-refractivity contribution in [1.82, 2.24) is 0 Å². The average Bonchev–Trinajstić information content (AvgIpc) is 2.69. The summed E-state index contributed by atoms with van der Waals surface area (Å²) >= 11 is 3.35. The molecule has 27 heavy (non-hydrogen) atoms. The van der Waals surface area contributed by atoms with Crippen molar-refractivity contribution in [2.24, 2.45) is 0 Å². The fraction of sp³-hybridized carbons (Fsp3) is 0.200. The molecule has 0 saturated carbocycles. The van der Waals surface area contributed by atoms with Gasteiger partial charge in [-0.25, -0.2) is 4.79 Å². The molecule has 2 aromatic rings. The van der Waals surface area contributed by atoms with E-state index in [1.807, 2.05) is 30.3 Å². The van der Waals surface area contributed by atoms with Crippen molar-refractivity contribution in [3.63, 3.8) is 0 Å². The first-order valence-electron chi connectivity index (χ1n) is 8.03. The molecule has 0 bridgehead atoms. The van der Waals surface area contributed by atoms with Gasteiger partial charge in [-0.1, -0.05) is 22.0 Å². The molecule has 0 heterocycles. The summed E-state index contributed by atoms with van der Waals surface area (Å²) in [5, 5.41) is 8.57. The Morgan fingerprint density at radius 1 is 1.11 bits per heavy atom. The van der Waals surface area contributed by atoms with Crippen LogP contribution >= 0.6 is 15.9 Å². The van der Waals surface area contributed by atoms with Gasteiger partial charge >= 0.3 is 5.97 Å². The molecule has 0 amide bonds. The van der Waals surface area contributed by atoms with Gasteiger partial charge in [0.1, 0.15) is 25.0 Å². The van der Waals surface area contributed by atoms with Crippen molar-refractivity contribution in [1.29, 1.82) is 5.26 Å². The average molecular weight is 432 g/mol. The highest BCUT2D eigenvalue weighted by Crippen LogP contribution is 2.28. The van der Waals surface area contributed by atoms with Gasteiger partial charge in [0, 0.05) is 10.5 Å². The van der Waals surface area contributed by atoms with E-state index in [9.17, 15) is 4.79 Å². The monoisotopic (exact) mass is 431 g/mol. The summed E-state index contributed by atoms with van der Waals surface area (Å²) in [5.74, 6) is 1.17. The molecular weight excluding hydrogens is 414 g/mol. The van der Waals surface area contributed by atoms with Crippen molar-refractivity contribution < 1.29 is 23.7 Å². The van der Waals surface area contributed by atoms with E-state index in [1.165, 1.54) is 13.2 Å². The van der Waals surface area contributed by atoms with Crippen LogP contribution in [0.15, 0.2) is 53.0 Å². The van der Waals surface area contributed by atoms with Crippen molar-refractivity contribution in [2.75, 3.05) is 26.9 Å². The summed E-state index contributed by atoms with van der Waals surface area (Å²) in [6.45, 7) is 0.337. The third-order valence-electron chi connectivity index (χ3n) is 3.30. The number of nitrogens with zero attached hydrogens (tertiary/aromatic N) is 1. The molecule has 0 aliphatic carbocycles. The number of carbonyl (C=O) groups excluding carboxylic acids is 1. The maximum Gasteiger partial charge on any atom is 0.330 e. The Hall–Kier alpha value is -2.98. The highest BCUT2D eigenvalue weighted by molar-refractivity contribution is 9.10. The van der Waals surface area contributed by atoms with Crippen LogP contribution in [0.3, 0.4) is 0 Å². The SMILES string of the molecule is COc1cc(/C=C/C(=O)OCCOc2ccc(Br)cc2)ccc1OCC#N. The van der Waals surface area contributed by atoms with Gasteiger partial charge in [0.25, 0.3) is 0 Å². The number of nitriles is 1. The topological polar surface area (TPSA) is 77.8 Å². The van der Waals surface area contributed by atoms with Crippen molar-refractivity contribution in [3.8, 4) is 23.3 Å². The Morgan fingerprint density at radius 3 is 2.59 bits per heavy atom. The lowest BCUT2D eigenvalue weighted by molar-refractivity contribution is -0.138. The molecule has 0 unspecified atom stereocenters. The van der Waals surface area contributed by atoms with Crippen LogP contribution in [0.1, 0.15) is 5.56 Å². The Morgan fingerprint density at radius 2 is 1.89 bits per heavy atom. The summed E-state index contributed by atoms with van der Waals surface area (Å²) in [6.07, 6.45) is 2.93. The quantitative estimate of drug-likeness (QED) is 0.339. The first-order chi connectivity index (χ1) is 13.1. The minimum absolute atomic E-state index is 0.0692. The summed E-state index contributed by atoms with van der Waals surface area (Å²) in [7, 11) is 1.50. The number of halogens is 1. The van der Waals surface area contributed by atoms with E-state index in [-0.39, 0.29) is 19.8 Å². The molecule has 6 nitrogen and oxygen atoms in total. The van der Waals surface area contributed by atoms with Crippen LogP contribution in [-0.4, -0.2) is 32.9 Å². The highest BCUT2D eigenvalue weighted by atomic mass is 79.9. The van der Waals surface area contributed by atoms with Gasteiger partial charge < -0.3 is 18.9 Å². The Labute approximate surface area is 166 Å². The zero-order valence-electron chi connectivity index (χ0n) is 14.7. The van der Waals surface area contributed by atoms with E-state index in [1.54, 1.807) is 24.3 Å². The van der Waals surface area contributed by atoms with Crippen LogP contribution in [0.2, 0.25) is 0 Å². The molecule has 0 fully saturated rings. The second-order valence-electron chi connectivity index (χ2n) is 5.16. The van der Waals surface area contributed by atoms with E-state index >= 15 is 0 Å². The number of carbonyl (C=O) groups is 1. The summed E-state index contributed by atoms with van der Waals surface area (Å²) in [5.41, 5.74) is 0.735. The molecular formula is C20H18BrNO5. The van der Waals surface area contributed by atoms with Crippen LogP contribution in [0.5, 0.6) is 17.2 Å². The van der Waals surface area contributed by atoms with Crippen molar-refractivity contribution >= 4 is 28.0 Å². The van der Waals surface area contributed by atoms with Gasteiger partial charge in [-0.2, -0.15) is 5.26 Å². The lowest BCUT2D eigenvalue weighted by Crippen LogP contribution is -2.10. The highest BCUT2D eigenvalue weighted by Gasteiger charge is 2.05. The molecule has 0 radical (unpaired) electrons. The predicted octanol–water partition coefficient (Wildman–Crippen LogP) is 4.00.